The quantitative estimate of drug-likeness (QED) is 0.272. The maximum Gasteiger partial charge on any atom is -0.107 e. The standard InChI is InChI=1S/C24H45P.HI/c1-5-13-21(14-6-1)25(22-15-7-2-8-16-22,23-17-9-3-10-18-23)24-19-11-4-12-20-24;/h21-25H,1-20H2;1H. The van der Waals surface area contributed by atoms with Crippen LogP contribution in [0.5, 0.6) is 0 Å². The van der Waals surface area contributed by atoms with Crippen molar-refractivity contribution in [2.75, 3.05) is 0 Å². The van der Waals surface area contributed by atoms with Crippen LogP contribution >= 0.6 is 31.2 Å². The van der Waals surface area contributed by atoms with E-state index in [2.05, 4.69) is 0 Å². The van der Waals surface area contributed by atoms with Gasteiger partial charge in [0.15, 0.2) is 0 Å². The van der Waals surface area contributed by atoms with Gasteiger partial charge in [-0.25, -0.2) is 0 Å². The summed E-state index contributed by atoms with van der Waals surface area (Å²) >= 11 is 0. The van der Waals surface area contributed by atoms with Crippen molar-refractivity contribution in [1.82, 2.24) is 0 Å². The van der Waals surface area contributed by atoms with Crippen LogP contribution in [0.15, 0.2) is 0 Å². The van der Waals surface area contributed by atoms with E-state index in [0.717, 1.165) is 0 Å². The largest absolute Gasteiger partial charge is 0.107 e. The Morgan fingerprint density at radius 1 is 0.308 bits per heavy atom. The number of halogens is 1. The van der Waals surface area contributed by atoms with Crippen LogP contribution in [0.25, 0.3) is 0 Å². The van der Waals surface area contributed by atoms with E-state index in [0.29, 0.717) is 0 Å². The number of hydrogen-bond acceptors (Lipinski definition) is 0. The molecule has 0 N–H and O–H groups in total. The van der Waals surface area contributed by atoms with E-state index in [-0.39, 0.29) is 24.0 Å². The zero-order chi connectivity index (χ0) is 17.0. The van der Waals surface area contributed by atoms with Gasteiger partial charge < -0.3 is 0 Å². The molecule has 4 aliphatic rings. The summed E-state index contributed by atoms with van der Waals surface area (Å²) in [6.07, 6.45) is 32.2. The Hall–Kier alpha value is 1.16. The zero-order valence-electron chi connectivity index (χ0n) is 17.4. The van der Waals surface area contributed by atoms with Crippen molar-refractivity contribution in [2.24, 2.45) is 0 Å². The molecule has 0 nitrogen and oxygen atoms in total. The van der Waals surface area contributed by atoms with Crippen molar-refractivity contribution < 1.29 is 0 Å². The fourth-order valence-corrected chi connectivity index (χ4v) is 18.0. The zero-order valence-corrected chi connectivity index (χ0v) is 20.7. The number of hydrogen-bond donors (Lipinski definition) is 0. The van der Waals surface area contributed by atoms with Gasteiger partial charge in [0.2, 0.25) is 0 Å². The summed E-state index contributed by atoms with van der Waals surface area (Å²) < 4.78 is 0. The molecule has 4 aliphatic carbocycles. The van der Waals surface area contributed by atoms with Crippen LogP contribution in [0, 0.1) is 0 Å². The van der Waals surface area contributed by atoms with E-state index < -0.39 is 7.26 Å². The Morgan fingerprint density at radius 2 is 0.500 bits per heavy atom. The molecule has 0 amide bonds. The van der Waals surface area contributed by atoms with Gasteiger partial charge in [0.1, 0.15) is 0 Å². The second kappa shape index (κ2) is 10.8. The van der Waals surface area contributed by atoms with Crippen molar-refractivity contribution >= 4 is 31.2 Å². The first-order valence-electron chi connectivity index (χ1n) is 12.4. The van der Waals surface area contributed by atoms with Crippen LogP contribution in [0.2, 0.25) is 0 Å². The monoisotopic (exact) mass is 492 g/mol. The molecule has 0 radical (unpaired) electrons. The molecule has 0 aliphatic heterocycles. The third kappa shape index (κ3) is 4.49. The summed E-state index contributed by atoms with van der Waals surface area (Å²) in [6, 6.07) is 0. The molecule has 0 bridgehead atoms. The van der Waals surface area contributed by atoms with E-state index in [1.807, 2.05) is 0 Å². The van der Waals surface area contributed by atoms with Crippen molar-refractivity contribution in [3.63, 3.8) is 0 Å². The molecular formula is C24H46IP. The minimum atomic E-state index is -1.19. The molecule has 4 fully saturated rings. The first-order chi connectivity index (χ1) is 12.4. The maximum atomic E-state index is 1.66. The van der Waals surface area contributed by atoms with E-state index in [1.54, 1.807) is 128 Å². The van der Waals surface area contributed by atoms with Gasteiger partial charge in [0, 0.05) is 0 Å². The van der Waals surface area contributed by atoms with Gasteiger partial charge in [-0.2, -0.15) is 0 Å². The third-order valence-electron chi connectivity index (χ3n) is 9.25. The third-order valence-corrected chi connectivity index (χ3v) is 17.2. The molecular weight excluding hydrogens is 446 g/mol. The molecule has 0 saturated heterocycles. The molecule has 4 saturated carbocycles. The molecule has 2 heteroatoms. The van der Waals surface area contributed by atoms with Crippen molar-refractivity contribution in [1.29, 1.82) is 0 Å². The van der Waals surface area contributed by atoms with Crippen LogP contribution in [0.4, 0.5) is 0 Å². The SMILES string of the molecule is C1CCC([PH](C2CCCCC2)(C2CCCCC2)C2CCCCC2)CC1.I. The number of rotatable bonds is 4. The predicted octanol–water partition coefficient (Wildman–Crippen LogP) is 8.69. The fourth-order valence-electron chi connectivity index (χ4n) is 8.41. The average Bonchev–Trinajstić information content (AvgIpc) is 2.72. The summed E-state index contributed by atoms with van der Waals surface area (Å²) in [6.45, 7) is 0. The smallest absolute Gasteiger partial charge is 0.107 e. The summed E-state index contributed by atoms with van der Waals surface area (Å²) in [7, 11) is -1.19. The van der Waals surface area contributed by atoms with Crippen molar-refractivity contribution in [2.45, 2.75) is 151 Å². The van der Waals surface area contributed by atoms with Crippen LogP contribution in [0.3, 0.4) is 0 Å². The van der Waals surface area contributed by atoms with Gasteiger partial charge in [-0.05, 0) is 0 Å². The van der Waals surface area contributed by atoms with Gasteiger partial charge in [0.05, 0.1) is 0 Å². The normalized spacial score (nSPS) is 29.2. The predicted molar refractivity (Wildman–Crippen MR) is 131 cm³/mol. The molecule has 0 aromatic rings. The Kier molecular flexibility index (Phi) is 9.08. The van der Waals surface area contributed by atoms with E-state index in [1.165, 1.54) is 22.6 Å². The summed E-state index contributed by atoms with van der Waals surface area (Å²) in [4.78, 5) is 0. The van der Waals surface area contributed by atoms with Gasteiger partial charge in [0.25, 0.3) is 0 Å². The van der Waals surface area contributed by atoms with E-state index in [4.69, 9.17) is 0 Å². The molecule has 0 unspecified atom stereocenters. The Bertz CT molecular complexity index is 308. The fraction of sp³-hybridized carbons (Fsp3) is 1.00. The molecule has 0 aromatic heterocycles. The minimum absolute atomic E-state index is 0. The second-order valence-corrected chi connectivity index (χ2v) is 15.6. The van der Waals surface area contributed by atoms with Crippen molar-refractivity contribution in [3.8, 4) is 0 Å². The molecule has 0 aromatic carbocycles. The summed E-state index contributed by atoms with van der Waals surface area (Å²) in [5, 5.41) is 0. The maximum absolute atomic E-state index is 1.66. The molecule has 0 spiro atoms. The van der Waals surface area contributed by atoms with Crippen LogP contribution in [0.1, 0.15) is 128 Å². The molecule has 4 rings (SSSR count). The molecule has 0 atom stereocenters. The Labute approximate surface area is 181 Å². The second-order valence-electron chi connectivity index (χ2n) is 10.3. The minimum Gasteiger partial charge on any atom is -0.107 e. The van der Waals surface area contributed by atoms with Gasteiger partial charge in [-0.3, -0.25) is 0 Å². The Balaban J connectivity index is 0.00000196. The van der Waals surface area contributed by atoms with Crippen LogP contribution < -0.4 is 0 Å². The summed E-state index contributed by atoms with van der Waals surface area (Å²) in [5.74, 6) is 0. The molecule has 26 heavy (non-hydrogen) atoms. The van der Waals surface area contributed by atoms with Crippen LogP contribution in [-0.2, 0) is 0 Å². The van der Waals surface area contributed by atoms with Gasteiger partial charge in [-0.1, -0.05) is 0 Å². The van der Waals surface area contributed by atoms with E-state index in [9.17, 15) is 0 Å². The van der Waals surface area contributed by atoms with Crippen LogP contribution in [-0.4, -0.2) is 22.6 Å². The van der Waals surface area contributed by atoms with Gasteiger partial charge >= 0.3 is 158 Å². The van der Waals surface area contributed by atoms with Gasteiger partial charge in [-0.15, -0.1) is 24.0 Å². The molecule has 154 valence electrons. The molecule has 0 heterocycles. The van der Waals surface area contributed by atoms with E-state index >= 15 is 0 Å². The average molecular weight is 493 g/mol. The first-order valence-corrected chi connectivity index (χ1v) is 14.7. The Morgan fingerprint density at radius 3 is 0.692 bits per heavy atom. The van der Waals surface area contributed by atoms with Crippen molar-refractivity contribution in [3.05, 3.63) is 0 Å². The topological polar surface area (TPSA) is 0 Å². The first kappa shape index (κ1) is 21.9. The summed E-state index contributed by atoms with van der Waals surface area (Å²) in [5.41, 5.74) is 4.98.